The van der Waals surface area contributed by atoms with Crippen LogP contribution in [0, 0.1) is 5.92 Å². The molecule has 0 spiro atoms. The Hall–Kier alpha value is -1.27. The number of Topliss-reactive ketones (excluding diaryl/α,β-unsaturated/α-hetero) is 2. The van der Waals surface area contributed by atoms with Crippen molar-refractivity contribution in [3.63, 3.8) is 0 Å². The van der Waals surface area contributed by atoms with Crippen molar-refractivity contribution in [1.29, 1.82) is 0 Å². The molecule has 1 unspecified atom stereocenters. The summed E-state index contributed by atoms with van der Waals surface area (Å²) < 4.78 is 11.0. The summed E-state index contributed by atoms with van der Waals surface area (Å²) in [5.41, 5.74) is 0. The van der Waals surface area contributed by atoms with E-state index in [0.29, 0.717) is 19.3 Å². The molecule has 0 aromatic carbocycles. The van der Waals surface area contributed by atoms with Crippen LogP contribution < -0.4 is 0 Å². The molecule has 0 radical (unpaired) electrons. The van der Waals surface area contributed by atoms with E-state index in [0.717, 1.165) is 12.8 Å². The topological polar surface area (TPSA) is 89.9 Å². The molecule has 0 bridgehead atoms. The smallest absolute Gasteiger partial charge is 0.372 e. The average molecular weight is 300 g/mol. The molecule has 6 heteroatoms. The SMILES string of the molecule is CCCCC(C(=O)C(=O)O)C(=O)C1(CCCC)OCCO1. The Morgan fingerprint density at radius 3 is 2.14 bits per heavy atom. The van der Waals surface area contributed by atoms with Crippen molar-refractivity contribution >= 4 is 17.5 Å². The molecular weight excluding hydrogens is 276 g/mol. The van der Waals surface area contributed by atoms with Gasteiger partial charge in [-0.05, 0) is 12.8 Å². The number of hydrogen-bond donors (Lipinski definition) is 1. The van der Waals surface area contributed by atoms with Crippen LogP contribution in [0.4, 0.5) is 0 Å². The quantitative estimate of drug-likeness (QED) is 0.490. The number of rotatable bonds is 10. The van der Waals surface area contributed by atoms with Gasteiger partial charge in [0.25, 0.3) is 0 Å². The van der Waals surface area contributed by atoms with E-state index in [4.69, 9.17) is 14.6 Å². The lowest BCUT2D eigenvalue weighted by molar-refractivity contribution is -0.188. The molecule has 1 aliphatic heterocycles. The highest BCUT2D eigenvalue weighted by Crippen LogP contribution is 2.31. The monoisotopic (exact) mass is 300 g/mol. The summed E-state index contributed by atoms with van der Waals surface area (Å²) in [6.45, 7) is 4.47. The molecule has 1 atom stereocenters. The highest BCUT2D eigenvalue weighted by atomic mass is 16.7. The molecule has 1 rings (SSSR count). The fourth-order valence-electron chi connectivity index (χ4n) is 2.48. The van der Waals surface area contributed by atoms with E-state index in [9.17, 15) is 14.4 Å². The van der Waals surface area contributed by atoms with Gasteiger partial charge in [-0.2, -0.15) is 0 Å². The molecule has 1 aliphatic rings. The van der Waals surface area contributed by atoms with Gasteiger partial charge in [-0.15, -0.1) is 0 Å². The second-order valence-corrected chi connectivity index (χ2v) is 5.28. The van der Waals surface area contributed by atoms with Gasteiger partial charge in [0.15, 0.2) is 0 Å². The molecule has 0 aliphatic carbocycles. The Bertz CT molecular complexity index is 384. The van der Waals surface area contributed by atoms with Crippen molar-refractivity contribution in [2.45, 2.75) is 58.2 Å². The third kappa shape index (κ3) is 4.35. The fourth-order valence-corrected chi connectivity index (χ4v) is 2.48. The van der Waals surface area contributed by atoms with E-state index in [-0.39, 0.29) is 19.6 Å². The molecule has 0 amide bonds. The average Bonchev–Trinajstić information content (AvgIpc) is 2.95. The molecule has 0 saturated carbocycles. The summed E-state index contributed by atoms with van der Waals surface area (Å²) >= 11 is 0. The predicted molar refractivity (Wildman–Crippen MR) is 74.8 cm³/mol. The van der Waals surface area contributed by atoms with Crippen LogP contribution in [0.2, 0.25) is 0 Å². The van der Waals surface area contributed by atoms with Crippen LogP contribution in [0.15, 0.2) is 0 Å². The van der Waals surface area contributed by atoms with Crippen molar-refractivity contribution in [1.82, 2.24) is 0 Å². The number of carbonyl (C=O) groups is 3. The first-order chi connectivity index (χ1) is 9.98. The number of hydrogen-bond acceptors (Lipinski definition) is 5. The zero-order chi connectivity index (χ0) is 15.9. The van der Waals surface area contributed by atoms with Gasteiger partial charge in [-0.25, -0.2) is 4.79 Å². The molecule has 1 heterocycles. The summed E-state index contributed by atoms with van der Waals surface area (Å²) in [7, 11) is 0. The first kappa shape index (κ1) is 17.8. The Morgan fingerprint density at radius 2 is 1.67 bits per heavy atom. The highest BCUT2D eigenvalue weighted by molar-refractivity contribution is 6.38. The molecule has 6 nitrogen and oxygen atoms in total. The van der Waals surface area contributed by atoms with Gasteiger partial charge >= 0.3 is 5.97 Å². The van der Waals surface area contributed by atoms with Crippen molar-refractivity contribution in [2.75, 3.05) is 13.2 Å². The van der Waals surface area contributed by atoms with Crippen molar-refractivity contribution < 1.29 is 29.0 Å². The standard InChI is InChI=1S/C15H24O6/c1-3-5-7-11(12(16)14(18)19)13(17)15(8-6-4-2)20-9-10-21-15/h11H,3-10H2,1-2H3,(H,18,19). The number of carboxylic acids is 1. The predicted octanol–water partition coefficient (Wildman–Crippen LogP) is 1.95. The first-order valence-electron chi connectivity index (χ1n) is 7.57. The number of carboxylic acid groups (broad SMARTS) is 1. The molecule has 0 aromatic rings. The van der Waals surface area contributed by atoms with E-state index in [1.54, 1.807) is 0 Å². The Kier molecular flexibility index (Phi) is 6.98. The summed E-state index contributed by atoms with van der Waals surface area (Å²) in [4.78, 5) is 35.5. The third-order valence-corrected chi connectivity index (χ3v) is 3.68. The highest BCUT2D eigenvalue weighted by Gasteiger charge is 2.49. The number of carbonyl (C=O) groups excluding carboxylic acids is 2. The second kappa shape index (κ2) is 8.24. The number of unbranched alkanes of at least 4 members (excludes halogenated alkanes) is 2. The minimum Gasteiger partial charge on any atom is -0.475 e. The van der Waals surface area contributed by atoms with Crippen LogP contribution >= 0.6 is 0 Å². The van der Waals surface area contributed by atoms with Gasteiger partial charge < -0.3 is 14.6 Å². The van der Waals surface area contributed by atoms with Crippen LogP contribution in [-0.4, -0.2) is 41.6 Å². The van der Waals surface area contributed by atoms with E-state index in [2.05, 4.69) is 0 Å². The lowest BCUT2D eigenvalue weighted by atomic mass is 9.86. The van der Waals surface area contributed by atoms with E-state index in [1.165, 1.54) is 0 Å². The van der Waals surface area contributed by atoms with Crippen LogP contribution in [-0.2, 0) is 23.9 Å². The molecule has 0 aromatic heterocycles. The third-order valence-electron chi connectivity index (χ3n) is 3.68. The van der Waals surface area contributed by atoms with Gasteiger partial charge in [-0.1, -0.05) is 33.1 Å². The molecule has 120 valence electrons. The lowest BCUT2D eigenvalue weighted by Gasteiger charge is -2.28. The van der Waals surface area contributed by atoms with Crippen molar-refractivity contribution in [3.8, 4) is 0 Å². The van der Waals surface area contributed by atoms with Gasteiger partial charge in [0, 0.05) is 6.42 Å². The van der Waals surface area contributed by atoms with Crippen LogP contribution in [0.25, 0.3) is 0 Å². The minimum absolute atomic E-state index is 0.223. The summed E-state index contributed by atoms with van der Waals surface area (Å²) in [6, 6.07) is 0. The minimum atomic E-state index is -1.58. The largest absolute Gasteiger partial charge is 0.475 e. The second-order valence-electron chi connectivity index (χ2n) is 5.28. The molecule has 1 N–H and O–H groups in total. The van der Waals surface area contributed by atoms with Crippen LogP contribution in [0.1, 0.15) is 52.4 Å². The molecule has 1 saturated heterocycles. The summed E-state index contributed by atoms with van der Waals surface area (Å²) in [6.07, 6.45) is 3.54. The Labute approximate surface area is 124 Å². The summed E-state index contributed by atoms with van der Waals surface area (Å²) in [5.74, 6) is -5.79. The van der Waals surface area contributed by atoms with Gasteiger partial charge in [0.1, 0.15) is 0 Å². The zero-order valence-electron chi connectivity index (χ0n) is 12.7. The van der Waals surface area contributed by atoms with Gasteiger partial charge in [0.2, 0.25) is 17.4 Å². The van der Waals surface area contributed by atoms with Gasteiger partial charge in [0.05, 0.1) is 19.1 Å². The molecule has 1 fully saturated rings. The number of ketones is 2. The van der Waals surface area contributed by atoms with Crippen molar-refractivity contribution in [3.05, 3.63) is 0 Å². The molecular formula is C15H24O6. The molecule has 21 heavy (non-hydrogen) atoms. The normalized spacial score (nSPS) is 18.4. The van der Waals surface area contributed by atoms with E-state index < -0.39 is 29.2 Å². The summed E-state index contributed by atoms with van der Waals surface area (Å²) in [5, 5.41) is 8.92. The fraction of sp³-hybridized carbons (Fsp3) is 0.800. The van der Waals surface area contributed by atoms with Crippen LogP contribution in [0.5, 0.6) is 0 Å². The maximum atomic E-state index is 12.7. The Balaban J connectivity index is 2.94. The maximum Gasteiger partial charge on any atom is 0.372 e. The lowest BCUT2D eigenvalue weighted by Crippen LogP contribution is -2.47. The van der Waals surface area contributed by atoms with Gasteiger partial charge in [-0.3, -0.25) is 9.59 Å². The van der Waals surface area contributed by atoms with Crippen molar-refractivity contribution in [2.24, 2.45) is 5.92 Å². The number of ether oxygens (including phenoxy) is 2. The van der Waals surface area contributed by atoms with E-state index >= 15 is 0 Å². The Morgan fingerprint density at radius 1 is 1.10 bits per heavy atom. The maximum absolute atomic E-state index is 12.7. The first-order valence-corrected chi connectivity index (χ1v) is 7.57. The zero-order valence-corrected chi connectivity index (χ0v) is 12.7. The number of aliphatic carboxylic acids is 1. The van der Waals surface area contributed by atoms with E-state index in [1.807, 2.05) is 13.8 Å². The van der Waals surface area contributed by atoms with Crippen LogP contribution in [0.3, 0.4) is 0 Å².